The summed E-state index contributed by atoms with van der Waals surface area (Å²) in [5.41, 5.74) is 0.399. The van der Waals surface area contributed by atoms with E-state index in [1.165, 1.54) is 41.3 Å². The first-order chi connectivity index (χ1) is 10.0. The molecule has 0 aliphatic rings. The molecule has 0 unspecified atom stereocenters. The van der Waals surface area contributed by atoms with Gasteiger partial charge in [0.15, 0.2) is 0 Å². The SMILES string of the molecule is CCN(C(=O)c1cccc(C(=O)O)c1)c1ccccc1F. The standard InChI is InChI=1S/C16H14FNO3/c1-2-18(14-9-4-3-8-13(14)17)15(19)11-6-5-7-12(10-11)16(20)21/h3-10H,2H2,1H3,(H,20,21). The molecule has 21 heavy (non-hydrogen) atoms. The fourth-order valence-electron chi connectivity index (χ4n) is 2.04. The second-order valence-electron chi connectivity index (χ2n) is 4.39. The summed E-state index contributed by atoms with van der Waals surface area (Å²) in [6.07, 6.45) is 0. The van der Waals surface area contributed by atoms with Gasteiger partial charge in [-0.1, -0.05) is 18.2 Å². The second kappa shape index (κ2) is 6.17. The fourth-order valence-corrected chi connectivity index (χ4v) is 2.04. The average molecular weight is 287 g/mol. The summed E-state index contributed by atoms with van der Waals surface area (Å²) >= 11 is 0. The Morgan fingerprint density at radius 3 is 2.38 bits per heavy atom. The third-order valence-electron chi connectivity index (χ3n) is 3.06. The molecule has 1 N–H and O–H groups in total. The highest BCUT2D eigenvalue weighted by Gasteiger charge is 2.19. The monoisotopic (exact) mass is 287 g/mol. The van der Waals surface area contributed by atoms with Gasteiger partial charge in [-0.05, 0) is 37.3 Å². The van der Waals surface area contributed by atoms with Crippen LogP contribution < -0.4 is 4.90 Å². The summed E-state index contributed by atoms with van der Waals surface area (Å²) in [6, 6.07) is 11.7. The average Bonchev–Trinajstić information content (AvgIpc) is 2.50. The number of carbonyl (C=O) groups is 2. The van der Waals surface area contributed by atoms with Crippen molar-refractivity contribution in [3.63, 3.8) is 0 Å². The summed E-state index contributed by atoms with van der Waals surface area (Å²) < 4.78 is 13.8. The normalized spacial score (nSPS) is 10.2. The summed E-state index contributed by atoms with van der Waals surface area (Å²) in [7, 11) is 0. The lowest BCUT2D eigenvalue weighted by Crippen LogP contribution is -2.31. The lowest BCUT2D eigenvalue weighted by Gasteiger charge is -2.21. The number of benzene rings is 2. The molecule has 0 aliphatic heterocycles. The molecule has 0 heterocycles. The number of halogens is 1. The number of anilines is 1. The van der Waals surface area contributed by atoms with Crippen molar-refractivity contribution in [3.8, 4) is 0 Å². The minimum absolute atomic E-state index is 0.0189. The van der Waals surface area contributed by atoms with Crippen molar-refractivity contribution < 1.29 is 19.1 Å². The molecule has 1 amide bonds. The molecule has 2 aromatic rings. The molecule has 108 valence electrons. The van der Waals surface area contributed by atoms with Gasteiger partial charge >= 0.3 is 5.97 Å². The van der Waals surface area contributed by atoms with Crippen LogP contribution >= 0.6 is 0 Å². The Bertz CT molecular complexity index is 685. The van der Waals surface area contributed by atoms with E-state index >= 15 is 0 Å². The minimum Gasteiger partial charge on any atom is -0.478 e. The number of amides is 1. The third kappa shape index (κ3) is 3.08. The number of carboxylic acid groups (broad SMARTS) is 1. The van der Waals surface area contributed by atoms with Crippen LogP contribution in [0.4, 0.5) is 10.1 Å². The Hall–Kier alpha value is -2.69. The van der Waals surface area contributed by atoms with Gasteiger partial charge in [0.05, 0.1) is 11.3 Å². The van der Waals surface area contributed by atoms with Gasteiger partial charge in [-0.25, -0.2) is 9.18 Å². The lowest BCUT2D eigenvalue weighted by atomic mass is 10.1. The summed E-state index contributed by atoms with van der Waals surface area (Å²) in [5, 5.41) is 8.96. The van der Waals surface area contributed by atoms with Gasteiger partial charge in [-0.3, -0.25) is 4.79 Å². The van der Waals surface area contributed by atoms with Gasteiger partial charge < -0.3 is 10.0 Å². The molecule has 4 nitrogen and oxygen atoms in total. The highest BCUT2D eigenvalue weighted by atomic mass is 19.1. The molecule has 0 saturated heterocycles. The van der Waals surface area contributed by atoms with Crippen molar-refractivity contribution in [1.29, 1.82) is 0 Å². The van der Waals surface area contributed by atoms with Crippen molar-refractivity contribution in [2.75, 3.05) is 11.4 Å². The third-order valence-corrected chi connectivity index (χ3v) is 3.06. The van der Waals surface area contributed by atoms with E-state index in [0.717, 1.165) is 0 Å². The molecule has 2 rings (SSSR count). The first-order valence-electron chi connectivity index (χ1n) is 6.44. The van der Waals surface area contributed by atoms with Gasteiger partial charge in [0.1, 0.15) is 5.82 Å². The first-order valence-corrected chi connectivity index (χ1v) is 6.44. The zero-order valence-electron chi connectivity index (χ0n) is 11.4. The zero-order chi connectivity index (χ0) is 15.4. The van der Waals surface area contributed by atoms with E-state index in [1.54, 1.807) is 19.1 Å². The van der Waals surface area contributed by atoms with Crippen LogP contribution in [0.1, 0.15) is 27.6 Å². The molecule has 0 aliphatic carbocycles. The molecule has 5 heteroatoms. The quantitative estimate of drug-likeness (QED) is 0.939. The maximum atomic E-state index is 13.8. The number of aromatic carboxylic acids is 1. The van der Waals surface area contributed by atoms with Crippen LogP contribution in [0.5, 0.6) is 0 Å². The van der Waals surface area contributed by atoms with Gasteiger partial charge in [-0.2, -0.15) is 0 Å². The Labute approximate surface area is 121 Å². The van der Waals surface area contributed by atoms with Gasteiger partial charge in [0, 0.05) is 12.1 Å². The highest BCUT2D eigenvalue weighted by Crippen LogP contribution is 2.21. The molecular weight excluding hydrogens is 273 g/mol. The van der Waals surface area contributed by atoms with E-state index in [1.807, 2.05) is 0 Å². The number of carbonyl (C=O) groups excluding carboxylic acids is 1. The first kappa shape index (κ1) is 14.7. The number of hydrogen-bond acceptors (Lipinski definition) is 2. The molecule has 0 spiro atoms. The van der Waals surface area contributed by atoms with Gasteiger partial charge in [0.25, 0.3) is 5.91 Å². The van der Waals surface area contributed by atoms with Crippen molar-refractivity contribution in [3.05, 3.63) is 65.5 Å². The van der Waals surface area contributed by atoms with Crippen molar-refractivity contribution in [1.82, 2.24) is 0 Å². The van der Waals surface area contributed by atoms with E-state index in [2.05, 4.69) is 0 Å². The number of para-hydroxylation sites is 1. The van der Waals surface area contributed by atoms with Crippen LogP contribution in [-0.4, -0.2) is 23.5 Å². The van der Waals surface area contributed by atoms with E-state index < -0.39 is 17.7 Å². The molecule has 0 aromatic heterocycles. The van der Waals surface area contributed by atoms with Crippen LogP contribution in [0.15, 0.2) is 48.5 Å². The second-order valence-corrected chi connectivity index (χ2v) is 4.39. The number of carboxylic acids is 1. The molecule has 0 saturated carbocycles. The van der Waals surface area contributed by atoms with Gasteiger partial charge in [0.2, 0.25) is 0 Å². The molecule has 0 bridgehead atoms. The maximum absolute atomic E-state index is 13.8. The number of rotatable bonds is 4. The number of nitrogens with zero attached hydrogens (tertiary/aromatic N) is 1. The van der Waals surface area contributed by atoms with Crippen LogP contribution in [0.25, 0.3) is 0 Å². The van der Waals surface area contributed by atoms with Crippen LogP contribution in [0, 0.1) is 5.82 Å². The molecule has 0 radical (unpaired) electrons. The summed E-state index contributed by atoms with van der Waals surface area (Å²) in [5.74, 6) is -2.05. The van der Waals surface area contributed by atoms with E-state index in [4.69, 9.17) is 5.11 Å². The van der Waals surface area contributed by atoms with Crippen LogP contribution in [0.3, 0.4) is 0 Å². The smallest absolute Gasteiger partial charge is 0.335 e. The summed E-state index contributed by atoms with van der Waals surface area (Å²) in [4.78, 5) is 24.7. The topological polar surface area (TPSA) is 57.6 Å². The van der Waals surface area contributed by atoms with Crippen molar-refractivity contribution >= 4 is 17.6 Å². The maximum Gasteiger partial charge on any atom is 0.335 e. The fraction of sp³-hybridized carbons (Fsp3) is 0.125. The Morgan fingerprint density at radius 2 is 1.76 bits per heavy atom. The predicted molar refractivity (Wildman–Crippen MR) is 77.2 cm³/mol. The van der Waals surface area contributed by atoms with Crippen molar-refractivity contribution in [2.45, 2.75) is 6.92 Å². The van der Waals surface area contributed by atoms with E-state index in [-0.39, 0.29) is 23.4 Å². The zero-order valence-corrected chi connectivity index (χ0v) is 11.4. The molecular formula is C16H14FNO3. The number of hydrogen-bond donors (Lipinski definition) is 1. The Morgan fingerprint density at radius 1 is 1.10 bits per heavy atom. The Balaban J connectivity index is 2.39. The van der Waals surface area contributed by atoms with Crippen LogP contribution in [-0.2, 0) is 0 Å². The van der Waals surface area contributed by atoms with Crippen molar-refractivity contribution in [2.24, 2.45) is 0 Å². The van der Waals surface area contributed by atoms with Crippen LogP contribution in [0.2, 0.25) is 0 Å². The largest absolute Gasteiger partial charge is 0.478 e. The molecule has 0 fully saturated rings. The van der Waals surface area contributed by atoms with E-state index in [9.17, 15) is 14.0 Å². The minimum atomic E-state index is -1.11. The van der Waals surface area contributed by atoms with E-state index in [0.29, 0.717) is 0 Å². The highest BCUT2D eigenvalue weighted by molar-refractivity contribution is 6.07. The van der Waals surface area contributed by atoms with Gasteiger partial charge in [-0.15, -0.1) is 0 Å². The lowest BCUT2D eigenvalue weighted by molar-refractivity contribution is 0.0697. The molecule has 0 atom stereocenters. The predicted octanol–water partition coefficient (Wildman–Crippen LogP) is 3.19. The summed E-state index contributed by atoms with van der Waals surface area (Å²) in [6.45, 7) is 2.00. The molecule has 2 aromatic carbocycles. The Kier molecular flexibility index (Phi) is 4.33.